The van der Waals surface area contributed by atoms with E-state index in [1.165, 1.54) is 7.05 Å². The standard InChI is InChI=1S/C13H18F2N2O2S/c1-17(9-10-3-2-6-16-8-10)20(18,19)13-5-4-11(14)7-12(13)15/h4-5,7,10,16H,2-3,6,8-9H2,1H3. The molecule has 1 unspecified atom stereocenters. The predicted octanol–water partition coefficient (Wildman–Crippen LogP) is 1.58. The second-order valence-corrected chi connectivity index (χ2v) is 7.09. The summed E-state index contributed by atoms with van der Waals surface area (Å²) >= 11 is 0. The fourth-order valence-corrected chi connectivity index (χ4v) is 3.68. The van der Waals surface area contributed by atoms with Crippen LogP contribution in [0.5, 0.6) is 0 Å². The van der Waals surface area contributed by atoms with Gasteiger partial charge in [-0.3, -0.25) is 0 Å². The van der Waals surface area contributed by atoms with Crippen LogP contribution in [0.25, 0.3) is 0 Å². The van der Waals surface area contributed by atoms with Gasteiger partial charge in [0.15, 0.2) is 0 Å². The van der Waals surface area contributed by atoms with E-state index in [0.29, 0.717) is 12.6 Å². The van der Waals surface area contributed by atoms with Crippen molar-refractivity contribution in [3.63, 3.8) is 0 Å². The highest BCUT2D eigenvalue weighted by Crippen LogP contribution is 2.21. The first-order chi connectivity index (χ1) is 9.41. The molecule has 112 valence electrons. The second kappa shape index (κ2) is 6.15. The van der Waals surface area contributed by atoms with E-state index in [1.54, 1.807) is 0 Å². The van der Waals surface area contributed by atoms with Crippen molar-refractivity contribution in [2.45, 2.75) is 17.7 Å². The third-order valence-corrected chi connectivity index (χ3v) is 5.35. The molecule has 1 aliphatic rings. The normalized spacial score (nSPS) is 20.3. The molecule has 1 aliphatic heterocycles. The number of nitrogens with one attached hydrogen (secondary N) is 1. The lowest BCUT2D eigenvalue weighted by molar-refractivity contribution is 0.314. The van der Waals surface area contributed by atoms with Gasteiger partial charge < -0.3 is 5.32 Å². The number of sulfonamides is 1. The average Bonchev–Trinajstić information content (AvgIpc) is 2.39. The minimum absolute atomic E-state index is 0.215. The molecule has 0 spiro atoms. The summed E-state index contributed by atoms with van der Waals surface area (Å²) in [5, 5.41) is 3.21. The Hall–Kier alpha value is -1.05. The van der Waals surface area contributed by atoms with Gasteiger partial charge in [0, 0.05) is 19.7 Å². The molecule has 0 bridgehead atoms. The highest BCUT2D eigenvalue weighted by Gasteiger charge is 2.27. The molecule has 0 aromatic heterocycles. The summed E-state index contributed by atoms with van der Waals surface area (Å²) in [4.78, 5) is -0.481. The van der Waals surface area contributed by atoms with Crippen LogP contribution in [-0.2, 0) is 10.0 Å². The van der Waals surface area contributed by atoms with Gasteiger partial charge in [0.25, 0.3) is 0 Å². The van der Waals surface area contributed by atoms with E-state index in [2.05, 4.69) is 5.32 Å². The van der Waals surface area contributed by atoms with E-state index in [4.69, 9.17) is 0 Å². The molecule has 1 atom stereocenters. The van der Waals surface area contributed by atoms with Crippen molar-refractivity contribution in [1.29, 1.82) is 0 Å². The number of halogens is 2. The Morgan fingerprint density at radius 3 is 2.75 bits per heavy atom. The van der Waals surface area contributed by atoms with Crippen LogP contribution in [0.1, 0.15) is 12.8 Å². The molecule has 1 aromatic carbocycles. The van der Waals surface area contributed by atoms with Crippen molar-refractivity contribution >= 4 is 10.0 Å². The van der Waals surface area contributed by atoms with Gasteiger partial charge in [-0.25, -0.2) is 21.5 Å². The van der Waals surface area contributed by atoms with Crippen LogP contribution in [-0.4, -0.2) is 39.4 Å². The van der Waals surface area contributed by atoms with Gasteiger partial charge in [-0.1, -0.05) is 0 Å². The van der Waals surface area contributed by atoms with Crippen molar-refractivity contribution in [2.75, 3.05) is 26.7 Å². The molecule has 1 N–H and O–H groups in total. The molecule has 20 heavy (non-hydrogen) atoms. The summed E-state index contributed by atoms with van der Waals surface area (Å²) in [5.41, 5.74) is 0. The van der Waals surface area contributed by atoms with E-state index in [-0.39, 0.29) is 5.92 Å². The van der Waals surface area contributed by atoms with Gasteiger partial charge in [-0.15, -0.1) is 0 Å². The largest absolute Gasteiger partial charge is 0.316 e. The van der Waals surface area contributed by atoms with Crippen LogP contribution in [0.3, 0.4) is 0 Å². The number of hydrogen-bond acceptors (Lipinski definition) is 3. The van der Waals surface area contributed by atoms with Crippen molar-refractivity contribution in [1.82, 2.24) is 9.62 Å². The quantitative estimate of drug-likeness (QED) is 0.919. The van der Waals surface area contributed by atoms with Crippen LogP contribution >= 0.6 is 0 Å². The van der Waals surface area contributed by atoms with Gasteiger partial charge in [-0.2, -0.15) is 0 Å². The lowest BCUT2D eigenvalue weighted by atomic mass is 10.00. The second-order valence-electron chi connectivity index (χ2n) is 5.07. The third-order valence-electron chi connectivity index (χ3n) is 3.50. The molecule has 1 aromatic rings. The number of rotatable bonds is 4. The topological polar surface area (TPSA) is 49.4 Å². The lowest BCUT2D eigenvalue weighted by Gasteiger charge is -2.27. The monoisotopic (exact) mass is 304 g/mol. The minimum Gasteiger partial charge on any atom is -0.316 e. The molecule has 4 nitrogen and oxygen atoms in total. The molecule has 1 saturated heterocycles. The summed E-state index contributed by atoms with van der Waals surface area (Å²) in [6, 6.07) is 2.50. The number of piperidine rings is 1. The maximum atomic E-state index is 13.6. The maximum absolute atomic E-state index is 13.6. The first kappa shape index (κ1) is 15.3. The van der Waals surface area contributed by atoms with Crippen molar-refractivity contribution in [2.24, 2.45) is 5.92 Å². The first-order valence-corrected chi connectivity index (χ1v) is 7.97. The molecule has 0 saturated carbocycles. The van der Waals surface area contributed by atoms with Crippen LogP contribution in [0, 0.1) is 17.6 Å². The SMILES string of the molecule is CN(CC1CCCNC1)S(=O)(=O)c1ccc(F)cc1F. The average molecular weight is 304 g/mol. The van der Waals surface area contributed by atoms with Crippen LogP contribution in [0.2, 0.25) is 0 Å². The molecule has 7 heteroatoms. The summed E-state index contributed by atoms with van der Waals surface area (Å²) in [6.45, 7) is 2.03. The Kier molecular flexibility index (Phi) is 4.72. The number of benzene rings is 1. The minimum atomic E-state index is -3.92. The molecule has 1 fully saturated rings. The Morgan fingerprint density at radius 2 is 2.15 bits per heavy atom. The molecule has 0 amide bonds. The molecular weight excluding hydrogens is 286 g/mol. The fraction of sp³-hybridized carbons (Fsp3) is 0.538. The summed E-state index contributed by atoms with van der Waals surface area (Å²) in [5.74, 6) is -1.63. The van der Waals surface area contributed by atoms with E-state index in [0.717, 1.165) is 42.4 Å². The zero-order valence-corrected chi connectivity index (χ0v) is 12.1. The van der Waals surface area contributed by atoms with E-state index in [1.807, 2.05) is 0 Å². The smallest absolute Gasteiger partial charge is 0.245 e. The zero-order chi connectivity index (χ0) is 14.8. The van der Waals surface area contributed by atoms with Gasteiger partial charge >= 0.3 is 0 Å². The Morgan fingerprint density at radius 1 is 1.40 bits per heavy atom. The first-order valence-electron chi connectivity index (χ1n) is 6.53. The molecule has 1 heterocycles. The molecule has 0 aliphatic carbocycles. The Labute approximate surface area is 117 Å². The van der Waals surface area contributed by atoms with Crippen molar-refractivity contribution < 1.29 is 17.2 Å². The van der Waals surface area contributed by atoms with Crippen molar-refractivity contribution in [3.8, 4) is 0 Å². The Bertz CT molecular complexity index is 572. The Balaban J connectivity index is 2.16. The van der Waals surface area contributed by atoms with Gasteiger partial charge in [0.05, 0.1) is 0 Å². The van der Waals surface area contributed by atoms with E-state index < -0.39 is 26.6 Å². The van der Waals surface area contributed by atoms with Gasteiger partial charge in [0.1, 0.15) is 16.5 Å². The van der Waals surface area contributed by atoms with Gasteiger partial charge in [0.2, 0.25) is 10.0 Å². The summed E-state index contributed by atoms with van der Waals surface area (Å²) in [6.07, 6.45) is 1.95. The van der Waals surface area contributed by atoms with Crippen molar-refractivity contribution in [3.05, 3.63) is 29.8 Å². The highest BCUT2D eigenvalue weighted by atomic mass is 32.2. The number of hydrogen-bond donors (Lipinski definition) is 1. The predicted molar refractivity (Wildman–Crippen MR) is 71.8 cm³/mol. The molecular formula is C13H18F2N2O2S. The summed E-state index contributed by atoms with van der Waals surface area (Å²) < 4.78 is 52.2. The summed E-state index contributed by atoms with van der Waals surface area (Å²) in [7, 11) is -2.50. The lowest BCUT2D eigenvalue weighted by Crippen LogP contribution is -2.39. The van der Waals surface area contributed by atoms with Gasteiger partial charge in [-0.05, 0) is 44.0 Å². The third kappa shape index (κ3) is 3.34. The van der Waals surface area contributed by atoms with Crippen LogP contribution in [0.4, 0.5) is 8.78 Å². The molecule has 2 rings (SSSR count). The van der Waals surface area contributed by atoms with E-state index in [9.17, 15) is 17.2 Å². The molecule has 0 radical (unpaired) electrons. The zero-order valence-electron chi connectivity index (χ0n) is 11.3. The fourth-order valence-electron chi connectivity index (χ4n) is 2.39. The van der Waals surface area contributed by atoms with Crippen LogP contribution in [0.15, 0.2) is 23.1 Å². The number of nitrogens with zero attached hydrogens (tertiary/aromatic N) is 1. The van der Waals surface area contributed by atoms with Crippen LogP contribution < -0.4 is 5.32 Å². The highest BCUT2D eigenvalue weighted by molar-refractivity contribution is 7.89. The maximum Gasteiger partial charge on any atom is 0.245 e. The van der Waals surface area contributed by atoms with E-state index >= 15 is 0 Å².